The quantitative estimate of drug-likeness (QED) is 0.470. The van der Waals surface area contributed by atoms with E-state index in [1.54, 1.807) is 0 Å². The van der Waals surface area contributed by atoms with Gasteiger partial charge in [-0.05, 0) is 6.42 Å². The summed E-state index contributed by atoms with van der Waals surface area (Å²) in [5, 5.41) is 17.5. The van der Waals surface area contributed by atoms with Crippen molar-refractivity contribution in [3.63, 3.8) is 0 Å². The van der Waals surface area contributed by atoms with E-state index in [2.05, 4.69) is 4.52 Å². The second kappa shape index (κ2) is 6.48. The van der Waals surface area contributed by atoms with Crippen LogP contribution in [0.3, 0.4) is 0 Å². The maximum absolute atomic E-state index is 11.7. The van der Waals surface area contributed by atoms with Crippen molar-refractivity contribution in [1.82, 2.24) is 4.67 Å². The molecule has 0 amide bonds. The zero-order valence-electron chi connectivity index (χ0n) is 7.84. The Morgan fingerprint density at radius 2 is 1.92 bits per heavy atom. The second-order valence-electron chi connectivity index (χ2n) is 2.27. The fourth-order valence-corrected chi connectivity index (χ4v) is 1.88. The molecule has 0 bridgehead atoms. The molecule has 0 aliphatic heterocycles. The van der Waals surface area contributed by atoms with E-state index in [0.717, 1.165) is 4.67 Å². The lowest BCUT2D eigenvalue weighted by Gasteiger charge is -2.24. The van der Waals surface area contributed by atoms with E-state index in [1.807, 2.05) is 6.92 Å². The van der Waals surface area contributed by atoms with Gasteiger partial charge in [-0.15, -0.1) is 0 Å². The third-order valence-electron chi connectivity index (χ3n) is 1.36. The van der Waals surface area contributed by atoms with Gasteiger partial charge < -0.3 is 10.2 Å². The van der Waals surface area contributed by atoms with Crippen molar-refractivity contribution in [2.75, 3.05) is 27.2 Å². The van der Waals surface area contributed by atoms with Gasteiger partial charge in [0.2, 0.25) is 0 Å². The zero-order chi connectivity index (χ0) is 10.3. The fraction of sp³-hybridized carbons (Fsp3) is 1.00. The van der Waals surface area contributed by atoms with Crippen LogP contribution < -0.4 is 0 Å². The largest absolute Gasteiger partial charge is 0.411 e. The first-order chi connectivity index (χ1) is 6.14. The lowest BCUT2D eigenvalue weighted by molar-refractivity contribution is 0.0564. The summed E-state index contributed by atoms with van der Waals surface area (Å²) >= 11 is 0. The lowest BCUT2D eigenvalue weighted by Crippen LogP contribution is -2.24. The molecule has 0 heterocycles. The summed E-state index contributed by atoms with van der Waals surface area (Å²) < 4.78 is 22.0. The molecule has 0 fully saturated rings. The molecule has 0 aliphatic carbocycles. The highest BCUT2D eigenvalue weighted by atomic mass is 31.2. The Bertz CT molecular complexity index is 172. The molecule has 0 radical (unpaired) electrons. The summed E-state index contributed by atoms with van der Waals surface area (Å²) in [5.74, 6) is 0. The highest BCUT2D eigenvalue weighted by Gasteiger charge is 2.31. The van der Waals surface area contributed by atoms with Gasteiger partial charge in [0.15, 0.2) is 0 Å². The summed E-state index contributed by atoms with van der Waals surface area (Å²) in [7, 11) is -2.29. The van der Waals surface area contributed by atoms with Crippen LogP contribution in [-0.2, 0) is 13.6 Å². The van der Waals surface area contributed by atoms with E-state index in [4.69, 9.17) is 14.7 Å². The Balaban J connectivity index is 4.31. The molecule has 0 aromatic rings. The van der Waals surface area contributed by atoms with Gasteiger partial charge in [-0.2, -0.15) is 4.67 Å². The Labute approximate surface area is 77.7 Å². The lowest BCUT2D eigenvalue weighted by atomic mass is 10.5. The van der Waals surface area contributed by atoms with Gasteiger partial charge in [0.1, 0.15) is 13.5 Å². The maximum atomic E-state index is 11.7. The predicted molar refractivity (Wildman–Crippen MR) is 46.9 cm³/mol. The monoisotopic (exact) mass is 213 g/mol. The van der Waals surface area contributed by atoms with Gasteiger partial charge in [-0.3, -0.25) is 9.05 Å². The molecule has 0 saturated carbocycles. The molecule has 0 aliphatic rings. The predicted octanol–water partition coefficient (Wildman–Crippen LogP) is 0.369. The van der Waals surface area contributed by atoms with E-state index in [0.29, 0.717) is 6.42 Å². The third-order valence-corrected chi connectivity index (χ3v) is 3.28. The molecule has 0 spiro atoms. The summed E-state index contributed by atoms with van der Waals surface area (Å²) in [4.78, 5) is 0. The molecular formula is C6H16NO5P. The number of aliphatic hydroxyl groups is 2. The van der Waals surface area contributed by atoms with Crippen LogP contribution >= 0.6 is 7.75 Å². The minimum absolute atomic E-state index is 0.252. The molecule has 0 saturated heterocycles. The molecule has 0 rings (SSSR count). The van der Waals surface area contributed by atoms with Crippen molar-refractivity contribution < 1.29 is 23.8 Å². The number of hydrogen-bond acceptors (Lipinski definition) is 5. The molecular weight excluding hydrogens is 197 g/mol. The zero-order valence-corrected chi connectivity index (χ0v) is 8.74. The highest BCUT2D eigenvalue weighted by molar-refractivity contribution is 7.51. The number of aliphatic hydroxyl groups excluding tert-OH is 2. The number of nitrogens with zero attached hydrogens (tertiary/aromatic N) is 1. The first-order valence-corrected chi connectivity index (χ1v) is 5.41. The standard InChI is InChI=1S/C6H16NO5P/c1-3-4-12-13(10,11-2)7(5-8)6-9/h8-9H,3-6H2,1-2H3. The van der Waals surface area contributed by atoms with Crippen LogP contribution in [0.1, 0.15) is 13.3 Å². The summed E-state index contributed by atoms with van der Waals surface area (Å²) in [6, 6.07) is 0. The van der Waals surface area contributed by atoms with E-state index in [-0.39, 0.29) is 6.61 Å². The highest BCUT2D eigenvalue weighted by Crippen LogP contribution is 2.50. The van der Waals surface area contributed by atoms with Crippen molar-refractivity contribution in [2.45, 2.75) is 13.3 Å². The van der Waals surface area contributed by atoms with Crippen molar-refractivity contribution in [2.24, 2.45) is 0 Å². The van der Waals surface area contributed by atoms with Gasteiger partial charge >= 0.3 is 7.75 Å². The Morgan fingerprint density at radius 1 is 1.38 bits per heavy atom. The van der Waals surface area contributed by atoms with Crippen molar-refractivity contribution >= 4 is 7.75 Å². The molecule has 6 nitrogen and oxygen atoms in total. The maximum Gasteiger partial charge on any atom is 0.411 e. The number of rotatable bonds is 7. The third kappa shape index (κ3) is 3.72. The van der Waals surface area contributed by atoms with Crippen LogP contribution in [0.5, 0.6) is 0 Å². The molecule has 7 heteroatoms. The average molecular weight is 213 g/mol. The minimum atomic E-state index is -3.49. The SMILES string of the molecule is CCCOP(=O)(OC)N(CO)CO. The van der Waals surface area contributed by atoms with E-state index in [9.17, 15) is 4.57 Å². The molecule has 0 aromatic carbocycles. The summed E-state index contributed by atoms with van der Waals surface area (Å²) in [6.45, 7) is 0.945. The van der Waals surface area contributed by atoms with Gasteiger partial charge in [0, 0.05) is 7.11 Å². The number of hydrogen-bond donors (Lipinski definition) is 2. The van der Waals surface area contributed by atoms with E-state index >= 15 is 0 Å². The molecule has 1 atom stereocenters. The van der Waals surface area contributed by atoms with Crippen LogP contribution in [0.25, 0.3) is 0 Å². The van der Waals surface area contributed by atoms with E-state index < -0.39 is 21.2 Å². The van der Waals surface area contributed by atoms with Crippen LogP contribution in [-0.4, -0.2) is 42.1 Å². The molecule has 13 heavy (non-hydrogen) atoms. The van der Waals surface area contributed by atoms with Gasteiger partial charge in [-0.25, -0.2) is 4.57 Å². The van der Waals surface area contributed by atoms with Crippen LogP contribution in [0.2, 0.25) is 0 Å². The molecule has 80 valence electrons. The molecule has 1 unspecified atom stereocenters. The second-order valence-corrected chi connectivity index (χ2v) is 4.40. The van der Waals surface area contributed by atoms with Crippen LogP contribution in [0.15, 0.2) is 0 Å². The van der Waals surface area contributed by atoms with E-state index in [1.165, 1.54) is 7.11 Å². The van der Waals surface area contributed by atoms with Crippen molar-refractivity contribution in [1.29, 1.82) is 0 Å². The minimum Gasteiger partial charge on any atom is -0.380 e. The van der Waals surface area contributed by atoms with Crippen LogP contribution in [0, 0.1) is 0 Å². The average Bonchev–Trinajstić information content (AvgIpc) is 2.16. The topological polar surface area (TPSA) is 79.2 Å². The fourth-order valence-electron chi connectivity index (χ4n) is 0.656. The summed E-state index contributed by atoms with van der Waals surface area (Å²) in [6.07, 6.45) is 0.679. The van der Waals surface area contributed by atoms with Gasteiger partial charge in [0.05, 0.1) is 6.61 Å². The summed E-state index contributed by atoms with van der Waals surface area (Å²) in [5.41, 5.74) is 0. The normalized spacial score (nSPS) is 16.1. The first-order valence-electron chi connectivity index (χ1n) is 3.92. The Morgan fingerprint density at radius 3 is 2.23 bits per heavy atom. The van der Waals surface area contributed by atoms with Crippen molar-refractivity contribution in [3.05, 3.63) is 0 Å². The first kappa shape index (κ1) is 13.0. The Hall–Kier alpha value is 0.0300. The van der Waals surface area contributed by atoms with Crippen LogP contribution in [0.4, 0.5) is 0 Å². The van der Waals surface area contributed by atoms with Crippen molar-refractivity contribution in [3.8, 4) is 0 Å². The van der Waals surface area contributed by atoms with Gasteiger partial charge in [0.25, 0.3) is 0 Å². The smallest absolute Gasteiger partial charge is 0.380 e. The molecule has 2 N–H and O–H groups in total. The Kier molecular flexibility index (Phi) is 6.49. The molecule has 0 aromatic heterocycles. The van der Waals surface area contributed by atoms with Gasteiger partial charge in [-0.1, -0.05) is 6.92 Å².